The lowest BCUT2D eigenvalue weighted by molar-refractivity contribution is 0.235. The highest BCUT2D eigenvalue weighted by Crippen LogP contribution is 2.19. The Morgan fingerprint density at radius 3 is 2.55 bits per heavy atom. The molecule has 0 N–H and O–H groups in total. The normalized spacial score (nSPS) is 18.2. The summed E-state index contributed by atoms with van der Waals surface area (Å²) in [6, 6.07) is 6.26. The van der Waals surface area contributed by atoms with Crippen LogP contribution in [0.2, 0.25) is 0 Å². The quantitative estimate of drug-likeness (QED) is 0.861. The van der Waals surface area contributed by atoms with Gasteiger partial charge in [0.15, 0.2) is 0 Å². The van der Waals surface area contributed by atoms with Crippen LogP contribution in [-0.2, 0) is 13.1 Å². The molecule has 0 bridgehead atoms. The Labute approximate surface area is 124 Å². The predicted octanol–water partition coefficient (Wildman–Crippen LogP) is 3.36. The highest BCUT2D eigenvalue weighted by molar-refractivity contribution is 7.10. The molecule has 1 aliphatic heterocycles. The zero-order valence-electron chi connectivity index (χ0n) is 12.0. The molecule has 3 rings (SSSR count). The van der Waals surface area contributed by atoms with Crippen LogP contribution in [0, 0.1) is 6.92 Å². The number of hydrogen-bond donors (Lipinski definition) is 0. The smallest absolute Gasteiger partial charge is 0.117 e. The molecular weight excluding hydrogens is 268 g/mol. The van der Waals surface area contributed by atoms with E-state index >= 15 is 0 Å². The van der Waals surface area contributed by atoms with Crippen molar-refractivity contribution < 1.29 is 4.42 Å². The van der Waals surface area contributed by atoms with Crippen LogP contribution in [0.3, 0.4) is 0 Å². The average molecular weight is 290 g/mol. The van der Waals surface area contributed by atoms with Crippen molar-refractivity contribution >= 4 is 11.3 Å². The zero-order valence-corrected chi connectivity index (χ0v) is 12.9. The summed E-state index contributed by atoms with van der Waals surface area (Å²) in [7, 11) is 0. The molecule has 0 atom stereocenters. The number of nitrogens with zero attached hydrogens (tertiary/aromatic N) is 2. The molecule has 0 spiro atoms. The Bertz CT molecular complexity index is 520. The summed E-state index contributed by atoms with van der Waals surface area (Å²) < 4.78 is 5.45. The highest BCUT2D eigenvalue weighted by atomic mass is 32.1. The minimum Gasteiger partial charge on any atom is -0.468 e. The van der Waals surface area contributed by atoms with Crippen LogP contribution in [0.4, 0.5) is 0 Å². The van der Waals surface area contributed by atoms with Crippen molar-refractivity contribution in [3.8, 4) is 0 Å². The van der Waals surface area contributed by atoms with E-state index in [-0.39, 0.29) is 0 Å². The van der Waals surface area contributed by atoms with E-state index in [9.17, 15) is 0 Å². The van der Waals surface area contributed by atoms with E-state index in [4.69, 9.17) is 4.42 Å². The van der Waals surface area contributed by atoms with Gasteiger partial charge in [-0.1, -0.05) is 0 Å². The van der Waals surface area contributed by atoms with E-state index in [1.165, 1.54) is 30.0 Å². The van der Waals surface area contributed by atoms with Gasteiger partial charge in [-0.25, -0.2) is 0 Å². The first-order valence-electron chi connectivity index (χ1n) is 7.31. The molecule has 3 heterocycles. The SMILES string of the molecule is Cc1ccsc1CN1CCCN(Cc2ccco2)CC1. The molecule has 1 saturated heterocycles. The zero-order chi connectivity index (χ0) is 13.8. The lowest BCUT2D eigenvalue weighted by Crippen LogP contribution is -2.30. The van der Waals surface area contributed by atoms with Crippen LogP contribution in [0.25, 0.3) is 0 Å². The van der Waals surface area contributed by atoms with E-state index in [1.807, 2.05) is 17.4 Å². The molecule has 0 amide bonds. The monoisotopic (exact) mass is 290 g/mol. The van der Waals surface area contributed by atoms with Crippen molar-refractivity contribution in [2.45, 2.75) is 26.4 Å². The molecule has 20 heavy (non-hydrogen) atoms. The first kappa shape index (κ1) is 13.9. The Morgan fingerprint density at radius 2 is 1.90 bits per heavy atom. The molecular formula is C16H22N2OS. The van der Waals surface area contributed by atoms with Gasteiger partial charge in [-0.05, 0) is 55.6 Å². The molecule has 0 unspecified atom stereocenters. The second-order valence-corrected chi connectivity index (χ2v) is 6.51. The molecule has 1 fully saturated rings. The third-order valence-corrected chi connectivity index (χ3v) is 4.98. The van der Waals surface area contributed by atoms with Gasteiger partial charge in [0.2, 0.25) is 0 Å². The van der Waals surface area contributed by atoms with E-state index in [0.717, 1.165) is 31.9 Å². The minimum absolute atomic E-state index is 0.943. The molecule has 0 radical (unpaired) electrons. The molecule has 2 aromatic heterocycles. The third-order valence-electron chi connectivity index (χ3n) is 3.98. The maximum Gasteiger partial charge on any atom is 0.117 e. The molecule has 3 nitrogen and oxygen atoms in total. The van der Waals surface area contributed by atoms with E-state index in [1.54, 1.807) is 6.26 Å². The van der Waals surface area contributed by atoms with Crippen molar-refractivity contribution in [1.29, 1.82) is 0 Å². The van der Waals surface area contributed by atoms with Gasteiger partial charge in [-0.3, -0.25) is 9.80 Å². The summed E-state index contributed by atoms with van der Waals surface area (Å²) in [5.41, 5.74) is 1.44. The summed E-state index contributed by atoms with van der Waals surface area (Å²) in [5.74, 6) is 1.08. The number of thiophene rings is 1. The van der Waals surface area contributed by atoms with Gasteiger partial charge in [-0.15, -0.1) is 11.3 Å². The van der Waals surface area contributed by atoms with Crippen molar-refractivity contribution in [2.24, 2.45) is 0 Å². The fourth-order valence-electron chi connectivity index (χ4n) is 2.73. The highest BCUT2D eigenvalue weighted by Gasteiger charge is 2.16. The second kappa shape index (κ2) is 6.57. The van der Waals surface area contributed by atoms with Gasteiger partial charge < -0.3 is 4.42 Å². The summed E-state index contributed by atoms with van der Waals surface area (Å²) in [5, 5.41) is 2.20. The predicted molar refractivity (Wildman–Crippen MR) is 82.9 cm³/mol. The van der Waals surface area contributed by atoms with Gasteiger partial charge in [0.25, 0.3) is 0 Å². The number of hydrogen-bond acceptors (Lipinski definition) is 4. The maximum absolute atomic E-state index is 5.45. The number of aryl methyl sites for hydroxylation is 1. The first-order valence-corrected chi connectivity index (χ1v) is 8.19. The van der Waals surface area contributed by atoms with Gasteiger partial charge >= 0.3 is 0 Å². The van der Waals surface area contributed by atoms with Crippen LogP contribution in [0.15, 0.2) is 34.3 Å². The van der Waals surface area contributed by atoms with Crippen LogP contribution in [-0.4, -0.2) is 36.0 Å². The van der Waals surface area contributed by atoms with Crippen LogP contribution in [0.5, 0.6) is 0 Å². The van der Waals surface area contributed by atoms with Crippen molar-refractivity contribution in [2.75, 3.05) is 26.2 Å². The van der Waals surface area contributed by atoms with E-state index in [0.29, 0.717) is 0 Å². The fourth-order valence-corrected chi connectivity index (χ4v) is 3.68. The molecule has 1 aliphatic rings. The Morgan fingerprint density at radius 1 is 1.10 bits per heavy atom. The first-order chi connectivity index (χ1) is 9.81. The van der Waals surface area contributed by atoms with Crippen LogP contribution in [0.1, 0.15) is 22.6 Å². The van der Waals surface area contributed by atoms with Crippen molar-refractivity contribution in [1.82, 2.24) is 9.80 Å². The van der Waals surface area contributed by atoms with Gasteiger partial charge in [0, 0.05) is 24.5 Å². The molecule has 0 aliphatic carbocycles. The summed E-state index contributed by atoms with van der Waals surface area (Å²) in [4.78, 5) is 6.60. The topological polar surface area (TPSA) is 19.6 Å². The standard InChI is InChI=1S/C16H22N2OS/c1-14-5-11-20-16(14)13-18-7-3-6-17(8-9-18)12-15-4-2-10-19-15/h2,4-5,10-11H,3,6-9,12-13H2,1H3. The minimum atomic E-state index is 0.943. The van der Waals surface area contributed by atoms with Crippen molar-refractivity contribution in [3.63, 3.8) is 0 Å². The summed E-state index contributed by atoms with van der Waals surface area (Å²) in [6.07, 6.45) is 3.00. The lowest BCUT2D eigenvalue weighted by Gasteiger charge is -2.21. The molecule has 0 aromatic carbocycles. The maximum atomic E-state index is 5.45. The van der Waals surface area contributed by atoms with E-state index < -0.39 is 0 Å². The largest absolute Gasteiger partial charge is 0.468 e. The summed E-state index contributed by atoms with van der Waals surface area (Å²) in [6.45, 7) is 8.92. The Kier molecular flexibility index (Phi) is 4.55. The molecule has 0 saturated carbocycles. The number of furan rings is 1. The van der Waals surface area contributed by atoms with Crippen LogP contribution >= 0.6 is 11.3 Å². The number of rotatable bonds is 4. The Hall–Kier alpha value is -1.10. The van der Waals surface area contributed by atoms with Gasteiger partial charge in [0.05, 0.1) is 12.8 Å². The van der Waals surface area contributed by atoms with Crippen LogP contribution < -0.4 is 0 Å². The van der Waals surface area contributed by atoms with Gasteiger partial charge in [0.1, 0.15) is 5.76 Å². The second-order valence-electron chi connectivity index (χ2n) is 5.51. The molecule has 4 heteroatoms. The lowest BCUT2D eigenvalue weighted by atomic mass is 10.2. The average Bonchev–Trinajstić information content (AvgIpc) is 3.02. The van der Waals surface area contributed by atoms with E-state index in [2.05, 4.69) is 34.2 Å². The fraction of sp³-hybridized carbons (Fsp3) is 0.500. The molecule has 2 aromatic rings. The Balaban J connectivity index is 1.53. The van der Waals surface area contributed by atoms with Gasteiger partial charge in [-0.2, -0.15) is 0 Å². The molecule has 108 valence electrons. The van der Waals surface area contributed by atoms with Crippen molar-refractivity contribution in [3.05, 3.63) is 46.0 Å². The summed E-state index contributed by atoms with van der Waals surface area (Å²) >= 11 is 1.88. The third kappa shape index (κ3) is 3.51.